The van der Waals surface area contributed by atoms with E-state index in [0.717, 1.165) is 0 Å². The van der Waals surface area contributed by atoms with Gasteiger partial charge in [0.25, 0.3) is 5.91 Å². The molecule has 9 heteroatoms. The zero-order valence-electron chi connectivity index (χ0n) is 17.5. The van der Waals surface area contributed by atoms with E-state index in [0.29, 0.717) is 41.5 Å². The molecule has 0 saturated carbocycles. The highest BCUT2D eigenvalue weighted by molar-refractivity contribution is 6.03. The first-order valence-electron chi connectivity index (χ1n) is 10.4. The summed E-state index contributed by atoms with van der Waals surface area (Å²) in [6.45, 7) is 0.932. The maximum atomic E-state index is 12.8. The summed E-state index contributed by atoms with van der Waals surface area (Å²) in [7, 11) is 0. The molecule has 0 spiro atoms. The third-order valence-corrected chi connectivity index (χ3v) is 5.02. The Morgan fingerprint density at radius 1 is 0.939 bits per heavy atom. The molecule has 0 bridgehead atoms. The molecule has 4 aromatic rings. The highest BCUT2D eigenvalue weighted by Gasteiger charge is 2.20. The number of aliphatic hydroxyl groups is 1. The molecule has 3 N–H and O–H groups in total. The van der Waals surface area contributed by atoms with Crippen LogP contribution in [0.5, 0.6) is 11.5 Å². The highest BCUT2D eigenvalue weighted by Crippen LogP contribution is 2.33. The maximum Gasteiger partial charge on any atom is 0.258 e. The Labute approximate surface area is 189 Å². The number of ether oxygens (including phenoxy) is 2. The van der Waals surface area contributed by atoms with E-state index in [1.807, 2.05) is 24.3 Å². The van der Waals surface area contributed by atoms with Crippen molar-refractivity contribution in [2.45, 2.75) is 6.23 Å². The summed E-state index contributed by atoms with van der Waals surface area (Å²) in [5, 5.41) is 20.7. The van der Waals surface area contributed by atoms with Crippen LogP contribution in [0.4, 0.5) is 11.9 Å². The van der Waals surface area contributed by atoms with Crippen LogP contribution < -0.4 is 20.1 Å². The average molecular weight is 443 g/mol. The number of anilines is 2. The van der Waals surface area contributed by atoms with Crippen molar-refractivity contribution in [1.82, 2.24) is 14.8 Å². The van der Waals surface area contributed by atoms with Crippen LogP contribution in [0.25, 0.3) is 5.69 Å². The number of carbonyl (C=O) groups excluding carboxylic acids is 1. The molecule has 0 saturated heterocycles. The number of nitrogens with zero attached hydrogens (tertiary/aromatic N) is 3. The topological polar surface area (TPSA) is 111 Å². The van der Waals surface area contributed by atoms with Gasteiger partial charge < -0.3 is 19.9 Å². The van der Waals surface area contributed by atoms with E-state index in [4.69, 9.17) is 9.47 Å². The fourth-order valence-corrected chi connectivity index (χ4v) is 3.40. The Morgan fingerprint density at radius 2 is 1.64 bits per heavy atom. The van der Waals surface area contributed by atoms with Gasteiger partial charge in [-0.25, -0.2) is 0 Å². The number of aromatic nitrogens is 3. The van der Waals surface area contributed by atoms with Crippen molar-refractivity contribution in [3.8, 4) is 17.2 Å². The van der Waals surface area contributed by atoms with Gasteiger partial charge in [0.1, 0.15) is 13.2 Å². The van der Waals surface area contributed by atoms with Crippen molar-refractivity contribution >= 4 is 17.8 Å². The number of amides is 1. The third-order valence-electron chi connectivity index (χ3n) is 5.02. The number of nitrogens with one attached hydrogen (secondary N) is 2. The molecule has 1 aliphatic rings. The second-order valence-electron chi connectivity index (χ2n) is 7.28. The highest BCUT2D eigenvalue weighted by atomic mass is 16.6. The van der Waals surface area contributed by atoms with Crippen molar-refractivity contribution in [3.05, 3.63) is 90.0 Å². The predicted molar refractivity (Wildman–Crippen MR) is 122 cm³/mol. The number of fused-ring (bicyclic) bond motifs is 1. The fraction of sp³-hybridized carbons (Fsp3) is 0.125. The van der Waals surface area contributed by atoms with Crippen molar-refractivity contribution in [3.63, 3.8) is 0 Å². The van der Waals surface area contributed by atoms with Crippen LogP contribution in [-0.2, 0) is 0 Å². The lowest BCUT2D eigenvalue weighted by Gasteiger charge is -2.19. The molecular formula is C24H21N5O4. The second-order valence-corrected chi connectivity index (χ2v) is 7.28. The Hall–Kier alpha value is -4.37. The smallest absolute Gasteiger partial charge is 0.258 e. The molecule has 0 radical (unpaired) electrons. The van der Waals surface area contributed by atoms with E-state index in [2.05, 4.69) is 20.7 Å². The van der Waals surface area contributed by atoms with E-state index in [1.54, 1.807) is 54.6 Å². The maximum absolute atomic E-state index is 12.8. The van der Waals surface area contributed by atoms with Crippen molar-refractivity contribution in [2.24, 2.45) is 0 Å². The largest absolute Gasteiger partial charge is 0.486 e. The van der Waals surface area contributed by atoms with Crippen molar-refractivity contribution in [2.75, 3.05) is 23.8 Å². The van der Waals surface area contributed by atoms with Crippen LogP contribution >= 0.6 is 0 Å². The zero-order valence-corrected chi connectivity index (χ0v) is 17.5. The first kappa shape index (κ1) is 20.5. The Kier molecular flexibility index (Phi) is 5.61. The summed E-state index contributed by atoms with van der Waals surface area (Å²) in [5.41, 5.74) is 1.74. The van der Waals surface area contributed by atoms with E-state index < -0.39 is 6.23 Å². The van der Waals surface area contributed by atoms with Crippen LogP contribution in [0.3, 0.4) is 0 Å². The van der Waals surface area contributed by atoms with E-state index in [-0.39, 0.29) is 17.8 Å². The van der Waals surface area contributed by atoms with Crippen LogP contribution in [-0.4, -0.2) is 39.0 Å². The van der Waals surface area contributed by atoms with Gasteiger partial charge in [-0.2, -0.15) is 9.67 Å². The lowest BCUT2D eigenvalue weighted by atomic mass is 10.2. The van der Waals surface area contributed by atoms with Crippen LogP contribution in [0.15, 0.2) is 78.9 Å². The molecule has 1 unspecified atom stereocenters. The van der Waals surface area contributed by atoms with E-state index >= 15 is 0 Å². The standard InChI is InChI=1S/C24H21N5O4/c30-21(16-7-3-1-4-8-16)25-23-27-24(26-22(31)17-9-5-2-6-10-17)29(28-23)18-11-12-19-20(15-18)33-14-13-32-19/h1-12,15,21,30H,13-14H2,(H2,25,26,27,28,31). The van der Waals surface area contributed by atoms with Gasteiger partial charge in [0.05, 0.1) is 5.69 Å². The first-order valence-corrected chi connectivity index (χ1v) is 10.4. The van der Waals surface area contributed by atoms with E-state index in [1.165, 1.54) is 4.68 Å². The Morgan fingerprint density at radius 3 is 2.39 bits per heavy atom. The molecule has 2 heterocycles. The predicted octanol–water partition coefficient (Wildman–Crippen LogP) is 3.39. The first-order chi connectivity index (χ1) is 16.2. The van der Waals surface area contributed by atoms with Crippen LogP contribution in [0.1, 0.15) is 22.1 Å². The second kappa shape index (κ2) is 9.01. The van der Waals surface area contributed by atoms with Gasteiger partial charge in [-0.15, -0.1) is 5.10 Å². The number of hydrogen-bond donors (Lipinski definition) is 3. The van der Waals surface area contributed by atoms with Crippen LogP contribution in [0.2, 0.25) is 0 Å². The molecular weight excluding hydrogens is 422 g/mol. The summed E-state index contributed by atoms with van der Waals surface area (Å²) >= 11 is 0. The molecule has 166 valence electrons. The minimum Gasteiger partial charge on any atom is -0.486 e. The number of hydrogen-bond acceptors (Lipinski definition) is 7. The summed E-state index contributed by atoms with van der Waals surface area (Å²) in [4.78, 5) is 17.2. The lowest BCUT2D eigenvalue weighted by molar-refractivity contribution is 0.102. The molecule has 1 amide bonds. The molecule has 1 aromatic heterocycles. The van der Waals surface area contributed by atoms with Gasteiger partial charge in [0.2, 0.25) is 11.9 Å². The average Bonchev–Trinajstić information content (AvgIpc) is 3.26. The minimum absolute atomic E-state index is 0.143. The van der Waals surface area contributed by atoms with Crippen LogP contribution in [0, 0.1) is 0 Å². The number of carbonyl (C=O) groups is 1. The van der Waals surface area contributed by atoms with Gasteiger partial charge in [-0.3, -0.25) is 10.1 Å². The molecule has 0 fully saturated rings. The normalized spacial score (nSPS) is 13.2. The summed E-state index contributed by atoms with van der Waals surface area (Å²) < 4.78 is 12.7. The summed E-state index contributed by atoms with van der Waals surface area (Å²) in [6.07, 6.45) is -1.03. The van der Waals surface area contributed by atoms with Gasteiger partial charge >= 0.3 is 0 Å². The van der Waals surface area contributed by atoms with Gasteiger partial charge in [-0.05, 0) is 24.3 Å². The zero-order chi connectivity index (χ0) is 22.6. The molecule has 1 aliphatic heterocycles. The molecule has 1 atom stereocenters. The monoisotopic (exact) mass is 443 g/mol. The van der Waals surface area contributed by atoms with Gasteiger partial charge in [-0.1, -0.05) is 48.5 Å². The van der Waals surface area contributed by atoms with E-state index in [9.17, 15) is 9.90 Å². The fourth-order valence-electron chi connectivity index (χ4n) is 3.40. The molecule has 3 aromatic carbocycles. The summed E-state index contributed by atoms with van der Waals surface area (Å²) in [5.74, 6) is 1.20. The van der Waals surface area contributed by atoms with Gasteiger partial charge in [0, 0.05) is 17.2 Å². The minimum atomic E-state index is -1.03. The van der Waals surface area contributed by atoms with Crippen molar-refractivity contribution < 1.29 is 19.4 Å². The molecule has 0 aliphatic carbocycles. The number of benzene rings is 3. The molecule has 5 rings (SSSR count). The SMILES string of the molecule is O=C(Nc1nc(NC(O)c2ccccc2)nn1-c1ccc2c(c1)OCCO2)c1ccccc1. The molecule has 33 heavy (non-hydrogen) atoms. The lowest BCUT2D eigenvalue weighted by Crippen LogP contribution is -2.17. The Bertz CT molecular complexity index is 1260. The summed E-state index contributed by atoms with van der Waals surface area (Å²) in [6, 6.07) is 23.2. The Balaban J connectivity index is 1.48. The van der Waals surface area contributed by atoms with Crippen molar-refractivity contribution in [1.29, 1.82) is 0 Å². The molecule has 9 nitrogen and oxygen atoms in total. The third kappa shape index (κ3) is 4.48. The quantitative estimate of drug-likeness (QED) is 0.392. The number of aliphatic hydroxyl groups excluding tert-OH is 1. The number of rotatable bonds is 6. The van der Waals surface area contributed by atoms with Gasteiger partial charge in [0.15, 0.2) is 17.7 Å².